The Hall–Kier alpha value is -1.88. The van der Waals surface area contributed by atoms with Gasteiger partial charge in [-0.1, -0.05) is 31.1 Å². The number of benzene rings is 1. The molecule has 0 spiro atoms. The number of phenolic OH excluding ortho intramolecular Hbond substituents is 1. The monoisotopic (exact) mass is 247 g/mol. The van der Waals surface area contributed by atoms with E-state index in [1.807, 2.05) is 26.0 Å². The summed E-state index contributed by atoms with van der Waals surface area (Å²) in [4.78, 5) is 4.27. The SMILES string of the molecule is CC(C)c1noc([C@@H](N)Cc2ccc(O)cc2)n1. The van der Waals surface area contributed by atoms with Crippen molar-refractivity contribution >= 4 is 0 Å². The first-order valence-electron chi connectivity index (χ1n) is 5.93. The molecule has 0 bridgehead atoms. The fourth-order valence-electron chi connectivity index (χ4n) is 1.61. The number of nitrogens with two attached hydrogens (primary N) is 1. The molecule has 0 radical (unpaired) electrons. The Bertz CT molecular complexity index is 505. The van der Waals surface area contributed by atoms with Crippen molar-refractivity contribution in [2.45, 2.75) is 32.2 Å². The molecule has 1 aromatic carbocycles. The predicted octanol–water partition coefficient (Wildman–Crippen LogP) is 2.14. The van der Waals surface area contributed by atoms with Crippen molar-refractivity contribution in [1.29, 1.82) is 0 Å². The Labute approximate surface area is 106 Å². The third kappa shape index (κ3) is 2.87. The molecule has 0 saturated heterocycles. The third-order valence-corrected chi connectivity index (χ3v) is 2.68. The molecular formula is C13H17N3O2. The summed E-state index contributed by atoms with van der Waals surface area (Å²) in [5, 5.41) is 13.1. The Balaban J connectivity index is 2.06. The fraction of sp³-hybridized carbons (Fsp3) is 0.385. The van der Waals surface area contributed by atoms with Gasteiger partial charge >= 0.3 is 0 Å². The Morgan fingerprint density at radius 3 is 2.50 bits per heavy atom. The van der Waals surface area contributed by atoms with E-state index < -0.39 is 0 Å². The number of nitrogens with zero attached hydrogens (tertiary/aromatic N) is 2. The summed E-state index contributed by atoms with van der Waals surface area (Å²) < 4.78 is 5.15. The van der Waals surface area contributed by atoms with Crippen LogP contribution in [0.2, 0.25) is 0 Å². The lowest BCUT2D eigenvalue weighted by Gasteiger charge is -2.06. The van der Waals surface area contributed by atoms with Crippen molar-refractivity contribution in [3.05, 3.63) is 41.5 Å². The van der Waals surface area contributed by atoms with E-state index in [1.165, 1.54) is 0 Å². The molecule has 3 N–H and O–H groups in total. The molecule has 5 heteroatoms. The molecular weight excluding hydrogens is 230 g/mol. The van der Waals surface area contributed by atoms with Crippen LogP contribution in [0.5, 0.6) is 5.75 Å². The van der Waals surface area contributed by atoms with Crippen LogP contribution < -0.4 is 5.73 Å². The molecule has 96 valence electrons. The van der Waals surface area contributed by atoms with Crippen molar-refractivity contribution in [1.82, 2.24) is 10.1 Å². The molecule has 18 heavy (non-hydrogen) atoms. The summed E-state index contributed by atoms with van der Waals surface area (Å²) in [5.74, 6) is 1.59. The number of rotatable bonds is 4. The molecule has 1 aromatic heterocycles. The van der Waals surface area contributed by atoms with E-state index in [-0.39, 0.29) is 17.7 Å². The van der Waals surface area contributed by atoms with E-state index in [0.717, 1.165) is 5.56 Å². The zero-order chi connectivity index (χ0) is 13.1. The first-order valence-corrected chi connectivity index (χ1v) is 5.93. The van der Waals surface area contributed by atoms with Crippen molar-refractivity contribution in [3.8, 4) is 5.75 Å². The summed E-state index contributed by atoms with van der Waals surface area (Å²) >= 11 is 0. The predicted molar refractivity (Wildman–Crippen MR) is 67.1 cm³/mol. The van der Waals surface area contributed by atoms with Crippen molar-refractivity contribution in [2.75, 3.05) is 0 Å². The van der Waals surface area contributed by atoms with Gasteiger partial charge in [-0.15, -0.1) is 0 Å². The summed E-state index contributed by atoms with van der Waals surface area (Å²) in [6, 6.07) is 6.60. The molecule has 0 aliphatic heterocycles. The van der Waals surface area contributed by atoms with Gasteiger partial charge in [0.1, 0.15) is 5.75 Å². The van der Waals surface area contributed by atoms with E-state index in [0.29, 0.717) is 18.1 Å². The highest BCUT2D eigenvalue weighted by Crippen LogP contribution is 2.18. The average Bonchev–Trinajstić information content (AvgIpc) is 2.81. The molecule has 0 unspecified atom stereocenters. The molecule has 0 aliphatic carbocycles. The van der Waals surface area contributed by atoms with Gasteiger partial charge in [-0.2, -0.15) is 4.98 Å². The summed E-state index contributed by atoms with van der Waals surface area (Å²) in [7, 11) is 0. The Morgan fingerprint density at radius 1 is 1.28 bits per heavy atom. The van der Waals surface area contributed by atoms with Crippen LogP contribution in [0.1, 0.15) is 43.1 Å². The van der Waals surface area contributed by atoms with Gasteiger partial charge in [0, 0.05) is 5.92 Å². The lowest BCUT2D eigenvalue weighted by Crippen LogP contribution is -2.13. The molecule has 0 fully saturated rings. The minimum absolute atomic E-state index is 0.225. The van der Waals surface area contributed by atoms with Gasteiger partial charge in [-0.3, -0.25) is 0 Å². The van der Waals surface area contributed by atoms with Gasteiger partial charge in [0.15, 0.2) is 5.82 Å². The highest BCUT2D eigenvalue weighted by atomic mass is 16.5. The second kappa shape index (κ2) is 5.18. The molecule has 1 atom stereocenters. The van der Waals surface area contributed by atoms with E-state index in [1.54, 1.807) is 12.1 Å². The quantitative estimate of drug-likeness (QED) is 0.864. The molecule has 0 aliphatic rings. The summed E-state index contributed by atoms with van der Waals surface area (Å²) in [5.41, 5.74) is 7.04. The number of aromatic nitrogens is 2. The third-order valence-electron chi connectivity index (χ3n) is 2.68. The number of hydrogen-bond donors (Lipinski definition) is 2. The summed E-state index contributed by atoms with van der Waals surface area (Å²) in [6.45, 7) is 4.00. The zero-order valence-corrected chi connectivity index (χ0v) is 10.5. The van der Waals surface area contributed by atoms with Crippen LogP contribution in [-0.4, -0.2) is 15.2 Å². The standard InChI is InChI=1S/C13H17N3O2/c1-8(2)12-15-13(18-16-12)11(14)7-9-3-5-10(17)6-4-9/h3-6,8,11,17H,7,14H2,1-2H3/t11-/m0/s1. The van der Waals surface area contributed by atoms with Gasteiger partial charge in [0.2, 0.25) is 5.89 Å². The number of aromatic hydroxyl groups is 1. The Morgan fingerprint density at radius 2 is 1.94 bits per heavy atom. The highest BCUT2D eigenvalue weighted by molar-refractivity contribution is 5.26. The number of phenols is 1. The second-order valence-electron chi connectivity index (χ2n) is 4.62. The largest absolute Gasteiger partial charge is 0.508 e. The van der Waals surface area contributed by atoms with Crippen molar-refractivity contribution in [3.63, 3.8) is 0 Å². The maximum Gasteiger partial charge on any atom is 0.243 e. The van der Waals surface area contributed by atoms with Gasteiger partial charge in [0.25, 0.3) is 0 Å². The molecule has 0 amide bonds. The van der Waals surface area contributed by atoms with Crippen LogP contribution >= 0.6 is 0 Å². The lowest BCUT2D eigenvalue weighted by molar-refractivity contribution is 0.349. The Kier molecular flexibility index (Phi) is 3.62. The molecule has 5 nitrogen and oxygen atoms in total. The first-order chi connectivity index (χ1) is 8.56. The van der Waals surface area contributed by atoms with E-state index in [9.17, 15) is 5.11 Å². The van der Waals surface area contributed by atoms with Crippen LogP contribution in [0, 0.1) is 0 Å². The van der Waals surface area contributed by atoms with Gasteiger partial charge in [-0.25, -0.2) is 0 Å². The molecule has 0 saturated carbocycles. The fourth-order valence-corrected chi connectivity index (χ4v) is 1.61. The molecule has 2 aromatic rings. The normalized spacial score (nSPS) is 12.9. The topological polar surface area (TPSA) is 85.2 Å². The van der Waals surface area contributed by atoms with Gasteiger partial charge in [-0.05, 0) is 24.1 Å². The molecule has 2 rings (SSSR count). The molecule has 1 heterocycles. The van der Waals surface area contributed by atoms with Gasteiger partial charge < -0.3 is 15.4 Å². The minimum atomic E-state index is -0.324. The first kappa shape index (κ1) is 12.6. The lowest BCUT2D eigenvalue weighted by atomic mass is 10.1. The number of hydrogen-bond acceptors (Lipinski definition) is 5. The smallest absolute Gasteiger partial charge is 0.243 e. The average molecular weight is 247 g/mol. The van der Waals surface area contributed by atoms with Crippen LogP contribution in [0.3, 0.4) is 0 Å². The maximum absolute atomic E-state index is 9.20. The maximum atomic E-state index is 9.20. The van der Waals surface area contributed by atoms with E-state index in [4.69, 9.17) is 10.3 Å². The van der Waals surface area contributed by atoms with E-state index in [2.05, 4.69) is 10.1 Å². The summed E-state index contributed by atoms with van der Waals surface area (Å²) in [6.07, 6.45) is 0.597. The van der Waals surface area contributed by atoms with E-state index >= 15 is 0 Å². The minimum Gasteiger partial charge on any atom is -0.508 e. The second-order valence-corrected chi connectivity index (χ2v) is 4.62. The highest BCUT2D eigenvalue weighted by Gasteiger charge is 2.16. The van der Waals surface area contributed by atoms with Gasteiger partial charge in [0.05, 0.1) is 6.04 Å². The van der Waals surface area contributed by atoms with Crippen LogP contribution in [0.15, 0.2) is 28.8 Å². The van der Waals surface area contributed by atoms with Crippen LogP contribution in [0.25, 0.3) is 0 Å². The zero-order valence-electron chi connectivity index (χ0n) is 10.5. The van der Waals surface area contributed by atoms with Crippen LogP contribution in [-0.2, 0) is 6.42 Å². The van der Waals surface area contributed by atoms with Crippen LogP contribution in [0.4, 0.5) is 0 Å². The van der Waals surface area contributed by atoms with Crippen molar-refractivity contribution in [2.24, 2.45) is 5.73 Å². The van der Waals surface area contributed by atoms with Crippen molar-refractivity contribution < 1.29 is 9.63 Å².